The molecule has 37 heavy (non-hydrogen) atoms. The largest absolute Gasteiger partial charge is 0.352 e. The molecule has 1 aliphatic carbocycles. The molecule has 0 unspecified atom stereocenters. The van der Waals surface area contributed by atoms with Gasteiger partial charge in [-0.25, -0.2) is 4.39 Å². The second-order valence-electron chi connectivity index (χ2n) is 9.79. The van der Waals surface area contributed by atoms with E-state index in [-0.39, 0.29) is 36.6 Å². The van der Waals surface area contributed by atoms with Gasteiger partial charge in [0.15, 0.2) is 0 Å². The minimum absolute atomic E-state index is 0.130. The van der Waals surface area contributed by atoms with Crippen LogP contribution in [0.15, 0.2) is 78.9 Å². The fraction of sp³-hybridized carbons (Fsp3) is 0.355. The first-order valence-corrected chi connectivity index (χ1v) is 13.5. The molecule has 0 bridgehead atoms. The molecule has 0 aromatic heterocycles. The molecule has 6 heteroatoms. The number of rotatable bonds is 10. The summed E-state index contributed by atoms with van der Waals surface area (Å²) < 4.78 is 13.6. The summed E-state index contributed by atoms with van der Waals surface area (Å²) in [5.74, 6) is -0.607. The van der Waals surface area contributed by atoms with Crippen molar-refractivity contribution in [3.8, 4) is 0 Å². The Labute approximate surface area is 223 Å². The maximum absolute atomic E-state index is 13.8. The van der Waals surface area contributed by atoms with Crippen LogP contribution >= 0.6 is 11.6 Å². The van der Waals surface area contributed by atoms with Crippen LogP contribution in [0, 0.1) is 5.82 Å². The number of carbonyl (C=O) groups is 2. The topological polar surface area (TPSA) is 49.4 Å². The van der Waals surface area contributed by atoms with E-state index in [0.717, 1.165) is 42.4 Å². The standard InChI is InChI=1S/C31H34ClFN2O2/c32-28-14-8-7-11-25(28)17-20-30(36)35(22-24-15-18-26(33)19-16-24)29(21-23-9-3-1-4-10-23)31(37)34-27-12-5-2-6-13-27/h1,3-4,7-11,14-16,18-19,27,29H,2,5-6,12-13,17,20-22H2,(H,34,37)/t29-/m0/s1. The molecule has 2 amide bonds. The highest BCUT2D eigenvalue weighted by Crippen LogP contribution is 2.22. The number of nitrogens with zero attached hydrogens (tertiary/aromatic N) is 1. The summed E-state index contributed by atoms with van der Waals surface area (Å²) in [5, 5.41) is 3.86. The molecule has 0 spiro atoms. The SMILES string of the molecule is O=C(NC1CCCCC1)[C@H](Cc1ccccc1)N(Cc1ccc(F)cc1)C(=O)CCc1ccccc1Cl. The van der Waals surface area contributed by atoms with Crippen LogP contribution in [0.1, 0.15) is 55.2 Å². The van der Waals surface area contributed by atoms with Gasteiger partial charge in [-0.2, -0.15) is 0 Å². The molecule has 1 saturated carbocycles. The normalized spacial score (nSPS) is 14.6. The number of benzene rings is 3. The Bertz CT molecular complexity index is 1160. The van der Waals surface area contributed by atoms with Gasteiger partial charge in [-0.15, -0.1) is 0 Å². The Hall–Kier alpha value is -3.18. The van der Waals surface area contributed by atoms with E-state index in [1.165, 1.54) is 18.6 Å². The van der Waals surface area contributed by atoms with Crippen molar-refractivity contribution in [3.63, 3.8) is 0 Å². The molecule has 0 saturated heterocycles. The first-order valence-electron chi connectivity index (χ1n) is 13.1. The van der Waals surface area contributed by atoms with Crippen molar-refractivity contribution in [1.82, 2.24) is 10.2 Å². The summed E-state index contributed by atoms with van der Waals surface area (Å²) in [4.78, 5) is 29.2. The van der Waals surface area contributed by atoms with Crippen LogP contribution in [0.3, 0.4) is 0 Å². The van der Waals surface area contributed by atoms with Crippen molar-refractivity contribution >= 4 is 23.4 Å². The third kappa shape index (κ3) is 7.90. The number of aryl methyl sites for hydroxylation is 1. The second-order valence-corrected chi connectivity index (χ2v) is 10.2. The van der Waals surface area contributed by atoms with E-state index in [1.807, 2.05) is 54.6 Å². The van der Waals surface area contributed by atoms with Crippen LogP contribution < -0.4 is 5.32 Å². The molecular formula is C31H34ClFN2O2. The molecule has 194 valence electrons. The number of carbonyl (C=O) groups excluding carboxylic acids is 2. The van der Waals surface area contributed by atoms with Crippen LogP contribution in [-0.2, 0) is 29.0 Å². The predicted molar refractivity (Wildman–Crippen MR) is 146 cm³/mol. The highest BCUT2D eigenvalue weighted by Gasteiger charge is 2.31. The summed E-state index contributed by atoms with van der Waals surface area (Å²) in [5.41, 5.74) is 2.65. The number of hydrogen-bond donors (Lipinski definition) is 1. The average molecular weight is 521 g/mol. The van der Waals surface area contributed by atoms with Gasteiger partial charge < -0.3 is 10.2 Å². The number of nitrogens with one attached hydrogen (secondary N) is 1. The Morgan fingerprint density at radius 3 is 2.27 bits per heavy atom. The Morgan fingerprint density at radius 2 is 1.57 bits per heavy atom. The Morgan fingerprint density at radius 1 is 0.892 bits per heavy atom. The fourth-order valence-corrected chi connectivity index (χ4v) is 5.20. The van der Waals surface area contributed by atoms with Crippen molar-refractivity contribution in [3.05, 3.63) is 106 Å². The van der Waals surface area contributed by atoms with Gasteiger partial charge in [-0.05, 0) is 54.2 Å². The van der Waals surface area contributed by atoms with Crippen molar-refractivity contribution < 1.29 is 14.0 Å². The fourth-order valence-electron chi connectivity index (χ4n) is 4.97. The van der Waals surface area contributed by atoms with E-state index in [9.17, 15) is 14.0 Å². The zero-order chi connectivity index (χ0) is 26.0. The van der Waals surface area contributed by atoms with Crippen LogP contribution in [0.5, 0.6) is 0 Å². The maximum Gasteiger partial charge on any atom is 0.243 e. The lowest BCUT2D eigenvalue weighted by Crippen LogP contribution is -2.52. The molecule has 1 N–H and O–H groups in total. The molecule has 1 fully saturated rings. The van der Waals surface area contributed by atoms with E-state index in [1.54, 1.807) is 17.0 Å². The maximum atomic E-state index is 13.8. The van der Waals surface area contributed by atoms with Crippen molar-refractivity contribution in [2.45, 2.75) is 70.0 Å². The van der Waals surface area contributed by atoms with Gasteiger partial charge in [-0.3, -0.25) is 9.59 Å². The van der Waals surface area contributed by atoms with E-state index >= 15 is 0 Å². The highest BCUT2D eigenvalue weighted by molar-refractivity contribution is 6.31. The molecule has 3 aromatic carbocycles. The van der Waals surface area contributed by atoms with E-state index in [2.05, 4.69) is 5.32 Å². The van der Waals surface area contributed by atoms with Crippen molar-refractivity contribution in [2.24, 2.45) is 0 Å². The first-order chi connectivity index (χ1) is 18.0. The van der Waals surface area contributed by atoms with Crippen LogP contribution in [-0.4, -0.2) is 28.8 Å². The van der Waals surface area contributed by atoms with E-state index in [0.29, 0.717) is 17.9 Å². The lowest BCUT2D eigenvalue weighted by Gasteiger charge is -2.33. The Balaban J connectivity index is 1.61. The molecule has 1 atom stereocenters. The summed E-state index contributed by atoms with van der Waals surface area (Å²) >= 11 is 6.34. The average Bonchev–Trinajstić information content (AvgIpc) is 2.92. The van der Waals surface area contributed by atoms with Gasteiger partial charge in [0.25, 0.3) is 0 Å². The molecule has 4 rings (SSSR count). The molecule has 0 radical (unpaired) electrons. The number of halogens is 2. The third-order valence-electron chi connectivity index (χ3n) is 7.05. The summed E-state index contributed by atoms with van der Waals surface area (Å²) in [6.07, 6.45) is 6.41. The highest BCUT2D eigenvalue weighted by atomic mass is 35.5. The molecule has 0 heterocycles. The lowest BCUT2D eigenvalue weighted by molar-refractivity contribution is -0.141. The van der Waals surface area contributed by atoms with Gasteiger partial charge in [0.2, 0.25) is 11.8 Å². The summed E-state index contributed by atoms with van der Waals surface area (Å²) in [7, 11) is 0. The Kier molecular flexibility index (Phi) is 9.72. The second kappa shape index (κ2) is 13.4. The van der Waals surface area contributed by atoms with Gasteiger partial charge in [0, 0.05) is 30.5 Å². The smallest absolute Gasteiger partial charge is 0.243 e. The zero-order valence-corrected chi connectivity index (χ0v) is 21.8. The van der Waals surface area contributed by atoms with Crippen LogP contribution in [0.2, 0.25) is 5.02 Å². The predicted octanol–water partition coefficient (Wildman–Crippen LogP) is 6.50. The number of hydrogen-bond acceptors (Lipinski definition) is 2. The summed E-state index contributed by atoms with van der Waals surface area (Å²) in [6, 6.07) is 22.8. The monoisotopic (exact) mass is 520 g/mol. The minimum Gasteiger partial charge on any atom is -0.352 e. The first kappa shape index (κ1) is 26.9. The summed E-state index contributed by atoms with van der Waals surface area (Å²) in [6.45, 7) is 0.219. The van der Waals surface area contributed by atoms with Gasteiger partial charge in [0.05, 0.1) is 0 Å². The molecule has 1 aliphatic rings. The molecule has 4 nitrogen and oxygen atoms in total. The molecule has 3 aromatic rings. The van der Waals surface area contributed by atoms with E-state index < -0.39 is 6.04 Å². The van der Waals surface area contributed by atoms with Crippen LogP contribution in [0.25, 0.3) is 0 Å². The quantitative estimate of drug-likeness (QED) is 0.331. The van der Waals surface area contributed by atoms with Crippen LogP contribution in [0.4, 0.5) is 4.39 Å². The zero-order valence-electron chi connectivity index (χ0n) is 21.0. The lowest BCUT2D eigenvalue weighted by atomic mass is 9.94. The number of amides is 2. The molecular weight excluding hydrogens is 487 g/mol. The van der Waals surface area contributed by atoms with E-state index in [4.69, 9.17) is 11.6 Å². The minimum atomic E-state index is -0.687. The van der Waals surface area contributed by atoms with Crippen molar-refractivity contribution in [2.75, 3.05) is 0 Å². The van der Waals surface area contributed by atoms with Gasteiger partial charge in [0.1, 0.15) is 11.9 Å². The molecule has 0 aliphatic heterocycles. The third-order valence-corrected chi connectivity index (χ3v) is 7.42. The van der Waals surface area contributed by atoms with Gasteiger partial charge >= 0.3 is 0 Å². The van der Waals surface area contributed by atoms with Gasteiger partial charge in [-0.1, -0.05) is 91.5 Å². The van der Waals surface area contributed by atoms with Crippen molar-refractivity contribution in [1.29, 1.82) is 0 Å².